The molecule has 2 N–H and O–H groups in total. The van der Waals surface area contributed by atoms with Crippen LogP contribution in [0.3, 0.4) is 0 Å². The summed E-state index contributed by atoms with van der Waals surface area (Å²) in [4.78, 5) is 14.6. The van der Waals surface area contributed by atoms with Gasteiger partial charge < -0.3 is 14.8 Å². The van der Waals surface area contributed by atoms with E-state index in [-0.39, 0.29) is 18.2 Å². The molecule has 0 radical (unpaired) electrons. The largest absolute Gasteiger partial charge is 0.493 e. The van der Waals surface area contributed by atoms with E-state index in [9.17, 15) is 9.90 Å². The minimum atomic E-state index is -0.587. The van der Waals surface area contributed by atoms with E-state index in [0.29, 0.717) is 16.2 Å². The summed E-state index contributed by atoms with van der Waals surface area (Å²) in [6, 6.07) is 12.4. The second kappa shape index (κ2) is 6.72. The molecule has 0 aliphatic heterocycles. The van der Waals surface area contributed by atoms with E-state index in [2.05, 4.69) is 15.2 Å². The van der Waals surface area contributed by atoms with Gasteiger partial charge in [0.15, 0.2) is 12.3 Å². The Kier molecular flexibility index (Phi) is 4.48. The van der Waals surface area contributed by atoms with Gasteiger partial charge in [-0.1, -0.05) is 41.9 Å². The zero-order valence-electron chi connectivity index (χ0n) is 12.8. The highest BCUT2D eigenvalue weighted by Gasteiger charge is 2.12. The highest BCUT2D eigenvalue weighted by molar-refractivity contribution is 6.32. The fraction of sp³-hybridized carbons (Fsp3) is 0.118. The summed E-state index contributed by atoms with van der Waals surface area (Å²) in [5, 5.41) is 18.5. The number of carbonyl (C=O) groups is 1. The van der Waals surface area contributed by atoms with Crippen LogP contribution in [0.15, 0.2) is 52.7 Å². The van der Waals surface area contributed by atoms with E-state index in [1.165, 1.54) is 0 Å². The van der Waals surface area contributed by atoms with Crippen LogP contribution in [0.25, 0.3) is 10.9 Å². The molecule has 6 nitrogen and oxygen atoms in total. The van der Waals surface area contributed by atoms with Crippen molar-refractivity contribution < 1.29 is 14.6 Å². The molecule has 1 heterocycles. The molecule has 1 amide bonds. The molecular formula is C17H14ClN3O3. The van der Waals surface area contributed by atoms with Crippen molar-refractivity contribution in [3.8, 4) is 11.6 Å². The zero-order chi connectivity index (χ0) is 17.1. The van der Waals surface area contributed by atoms with Crippen LogP contribution in [0.4, 0.5) is 5.69 Å². The van der Waals surface area contributed by atoms with Gasteiger partial charge in [0.25, 0.3) is 0 Å². The van der Waals surface area contributed by atoms with Crippen molar-refractivity contribution >= 4 is 34.1 Å². The van der Waals surface area contributed by atoms with E-state index < -0.39 is 5.91 Å². The second-order valence-corrected chi connectivity index (χ2v) is 5.54. The Balaban J connectivity index is 1.74. The highest BCUT2D eigenvalue weighted by Crippen LogP contribution is 2.36. The van der Waals surface area contributed by atoms with E-state index in [1.54, 1.807) is 30.3 Å². The Morgan fingerprint density at radius 1 is 1.25 bits per heavy atom. The first kappa shape index (κ1) is 16.0. The lowest BCUT2D eigenvalue weighted by Crippen LogP contribution is -2.08. The molecule has 122 valence electrons. The number of nitrogens with zero attached hydrogens (tertiary/aromatic N) is 2. The van der Waals surface area contributed by atoms with Crippen LogP contribution >= 0.6 is 11.6 Å². The molecule has 2 aromatic carbocycles. The number of aromatic nitrogens is 1. The predicted octanol–water partition coefficient (Wildman–Crippen LogP) is 4.52. The summed E-state index contributed by atoms with van der Waals surface area (Å²) >= 11 is 5.94. The number of aromatic amines is 1. The van der Waals surface area contributed by atoms with Crippen molar-refractivity contribution in [1.29, 1.82) is 0 Å². The average Bonchev–Trinajstić information content (AvgIpc) is 2.89. The lowest BCUT2D eigenvalue weighted by atomic mass is 10.1. The normalized spacial score (nSPS) is 11.2. The van der Waals surface area contributed by atoms with Crippen molar-refractivity contribution in [2.45, 2.75) is 6.92 Å². The Bertz CT molecular complexity index is 934. The molecule has 0 bridgehead atoms. The third-order valence-corrected chi connectivity index (χ3v) is 3.76. The van der Waals surface area contributed by atoms with Crippen molar-refractivity contribution in [3.63, 3.8) is 0 Å². The maximum Gasteiger partial charge on any atom is 0.302 e. The van der Waals surface area contributed by atoms with Gasteiger partial charge in [0.1, 0.15) is 5.75 Å². The van der Waals surface area contributed by atoms with E-state index in [1.807, 2.05) is 19.1 Å². The number of aryl methyl sites for hydroxylation is 1. The minimum Gasteiger partial charge on any atom is -0.493 e. The summed E-state index contributed by atoms with van der Waals surface area (Å²) in [5.74, 6) is -0.326. The molecule has 0 aliphatic rings. The number of para-hydroxylation sites is 2. The Morgan fingerprint density at radius 3 is 2.83 bits per heavy atom. The summed E-state index contributed by atoms with van der Waals surface area (Å²) < 4.78 is 5.30. The number of hydrogen-bond donors (Lipinski definition) is 2. The van der Waals surface area contributed by atoms with Gasteiger partial charge in [0, 0.05) is 5.39 Å². The van der Waals surface area contributed by atoms with Gasteiger partial charge in [-0.2, -0.15) is 0 Å². The molecule has 0 aliphatic carbocycles. The summed E-state index contributed by atoms with van der Waals surface area (Å²) in [5.41, 5.74) is 1.93. The molecule has 7 heteroatoms. The van der Waals surface area contributed by atoms with Crippen LogP contribution in [0.2, 0.25) is 5.02 Å². The van der Waals surface area contributed by atoms with Crippen LogP contribution in [0.5, 0.6) is 11.6 Å². The lowest BCUT2D eigenvalue weighted by Gasteiger charge is -2.04. The quantitative estimate of drug-likeness (QED) is 0.682. The van der Waals surface area contributed by atoms with Gasteiger partial charge in [-0.3, -0.25) is 4.79 Å². The van der Waals surface area contributed by atoms with Crippen molar-refractivity contribution in [2.24, 2.45) is 10.2 Å². The first-order valence-corrected chi connectivity index (χ1v) is 7.56. The SMILES string of the molecule is Cc1cccc2c(N=NC(=O)COc3ccccc3Cl)c(O)[nH]c12. The standard InChI is InChI=1S/C17H14ClN3O3/c1-10-5-4-6-11-15(10)19-17(23)16(11)21-20-14(22)9-24-13-8-3-2-7-12(13)18/h2-8,19,23H,9H2,1H3. The van der Waals surface area contributed by atoms with Crippen LogP contribution in [-0.4, -0.2) is 22.6 Å². The third-order valence-electron chi connectivity index (χ3n) is 3.44. The number of aromatic hydroxyl groups is 1. The number of H-pyrrole nitrogens is 1. The molecule has 3 aromatic rings. The number of rotatable bonds is 4. The van der Waals surface area contributed by atoms with Crippen LogP contribution in [-0.2, 0) is 4.79 Å². The number of nitrogens with one attached hydrogen (secondary N) is 1. The minimum absolute atomic E-state index is 0.136. The summed E-state index contributed by atoms with van der Waals surface area (Å²) in [7, 11) is 0. The Morgan fingerprint density at radius 2 is 2.04 bits per heavy atom. The molecule has 24 heavy (non-hydrogen) atoms. The summed E-state index contributed by atoms with van der Waals surface area (Å²) in [6.45, 7) is 1.61. The van der Waals surface area contributed by atoms with Crippen LogP contribution in [0.1, 0.15) is 5.56 Å². The maximum absolute atomic E-state index is 11.8. The molecular weight excluding hydrogens is 330 g/mol. The first-order chi connectivity index (χ1) is 11.6. The van der Waals surface area contributed by atoms with Crippen molar-refractivity contribution in [3.05, 3.63) is 53.1 Å². The fourth-order valence-corrected chi connectivity index (χ4v) is 2.46. The van der Waals surface area contributed by atoms with Gasteiger partial charge in [0.05, 0.1) is 10.5 Å². The Labute approximate surface area is 142 Å². The average molecular weight is 344 g/mol. The number of halogens is 1. The number of amides is 1. The molecule has 0 saturated heterocycles. The number of benzene rings is 2. The van der Waals surface area contributed by atoms with Crippen LogP contribution in [0, 0.1) is 6.92 Å². The van der Waals surface area contributed by atoms with Crippen molar-refractivity contribution in [1.82, 2.24) is 4.98 Å². The smallest absolute Gasteiger partial charge is 0.302 e. The van der Waals surface area contributed by atoms with E-state index in [4.69, 9.17) is 16.3 Å². The molecule has 3 rings (SSSR count). The number of fused-ring (bicyclic) bond motifs is 1. The van der Waals surface area contributed by atoms with E-state index in [0.717, 1.165) is 11.1 Å². The topological polar surface area (TPSA) is 87.0 Å². The van der Waals surface area contributed by atoms with Crippen molar-refractivity contribution in [2.75, 3.05) is 6.61 Å². The predicted molar refractivity (Wildman–Crippen MR) is 91.2 cm³/mol. The van der Waals surface area contributed by atoms with Gasteiger partial charge in [-0.05, 0) is 24.6 Å². The third kappa shape index (κ3) is 3.23. The van der Waals surface area contributed by atoms with Gasteiger partial charge in [-0.15, -0.1) is 10.2 Å². The maximum atomic E-state index is 11.8. The molecule has 0 saturated carbocycles. The van der Waals surface area contributed by atoms with E-state index >= 15 is 0 Å². The first-order valence-electron chi connectivity index (χ1n) is 7.18. The monoisotopic (exact) mass is 343 g/mol. The van der Waals surface area contributed by atoms with Gasteiger partial charge in [-0.25, -0.2) is 0 Å². The zero-order valence-corrected chi connectivity index (χ0v) is 13.5. The van der Waals surface area contributed by atoms with Gasteiger partial charge >= 0.3 is 5.91 Å². The molecule has 0 fully saturated rings. The summed E-state index contributed by atoms with van der Waals surface area (Å²) in [6.07, 6.45) is 0. The highest BCUT2D eigenvalue weighted by atomic mass is 35.5. The Hall–Kier alpha value is -2.86. The molecule has 0 unspecified atom stereocenters. The number of azo groups is 1. The second-order valence-electron chi connectivity index (χ2n) is 5.13. The lowest BCUT2D eigenvalue weighted by molar-refractivity contribution is -0.120. The van der Waals surface area contributed by atoms with Crippen LogP contribution < -0.4 is 4.74 Å². The number of carbonyl (C=O) groups excluding carboxylic acids is 1. The van der Waals surface area contributed by atoms with Gasteiger partial charge in [0.2, 0.25) is 5.88 Å². The number of hydrogen-bond acceptors (Lipinski definition) is 4. The molecule has 1 aromatic heterocycles. The molecule has 0 spiro atoms. The fourth-order valence-electron chi connectivity index (χ4n) is 2.27. The number of ether oxygens (including phenoxy) is 1. The molecule has 0 atom stereocenters.